The van der Waals surface area contributed by atoms with Gasteiger partial charge in [0.25, 0.3) is 0 Å². The monoisotopic (exact) mass is 368 g/mol. The molecular formula is C20H20N2O5. The predicted molar refractivity (Wildman–Crippen MR) is 96.2 cm³/mol. The van der Waals surface area contributed by atoms with Crippen LogP contribution in [0.25, 0.3) is 0 Å². The van der Waals surface area contributed by atoms with Gasteiger partial charge in [0.15, 0.2) is 11.5 Å². The highest BCUT2D eigenvalue weighted by molar-refractivity contribution is 6.35. The van der Waals surface area contributed by atoms with Gasteiger partial charge in [-0.05, 0) is 28.8 Å². The van der Waals surface area contributed by atoms with Crippen molar-refractivity contribution in [3.63, 3.8) is 0 Å². The summed E-state index contributed by atoms with van der Waals surface area (Å²) < 4.78 is 10.5. The molecule has 27 heavy (non-hydrogen) atoms. The number of carbonyl (C=O) groups is 2. The molecule has 2 aliphatic rings. The zero-order valence-corrected chi connectivity index (χ0v) is 14.7. The molecule has 2 aromatic rings. The second-order valence-electron chi connectivity index (χ2n) is 6.90. The van der Waals surface area contributed by atoms with Crippen molar-refractivity contribution in [2.45, 2.75) is 25.0 Å². The number of carbonyl (C=O) groups excluding carboxylic acids is 2. The van der Waals surface area contributed by atoms with Crippen molar-refractivity contribution in [1.29, 1.82) is 0 Å². The Morgan fingerprint density at radius 2 is 1.63 bits per heavy atom. The average molecular weight is 368 g/mol. The topological polar surface area (TPSA) is 96.9 Å². The minimum Gasteiger partial charge on any atom is -0.454 e. The lowest BCUT2D eigenvalue weighted by Crippen LogP contribution is -2.48. The van der Waals surface area contributed by atoms with Gasteiger partial charge in [0.1, 0.15) is 0 Å². The van der Waals surface area contributed by atoms with Gasteiger partial charge >= 0.3 is 11.8 Å². The van der Waals surface area contributed by atoms with Crippen LogP contribution in [0.2, 0.25) is 0 Å². The summed E-state index contributed by atoms with van der Waals surface area (Å²) in [5.41, 5.74) is 1.88. The Labute approximate surface area is 156 Å². The first-order valence-corrected chi connectivity index (χ1v) is 8.76. The number of amides is 2. The van der Waals surface area contributed by atoms with Crippen molar-refractivity contribution in [2.24, 2.45) is 0 Å². The Morgan fingerprint density at radius 3 is 2.37 bits per heavy atom. The van der Waals surface area contributed by atoms with Crippen LogP contribution in [-0.4, -0.2) is 35.9 Å². The Balaban J connectivity index is 1.27. The van der Waals surface area contributed by atoms with Crippen LogP contribution in [0.1, 0.15) is 16.7 Å². The van der Waals surface area contributed by atoms with Gasteiger partial charge in [0.2, 0.25) is 6.79 Å². The van der Waals surface area contributed by atoms with E-state index in [4.69, 9.17) is 9.47 Å². The number of aliphatic hydroxyl groups is 1. The molecule has 7 nitrogen and oxygen atoms in total. The van der Waals surface area contributed by atoms with Crippen LogP contribution in [0, 0.1) is 0 Å². The third kappa shape index (κ3) is 3.73. The zero-order valence-electron chi connectivity index (χ0n) is 14.7. The molecule has 2 aromatic carbocycles. The third-order valence-electron chi connectivity index (χ3n) is 4.83. The van der Waals surface area contributed by atoms with Crippen LogP contribution in [0.15, 0.2) is 42.5 Å². The first kappa shape index (κ1) is 17.4. The van der Waals surface area contributed by atoms with Gasteiger partial charge in [0, 0.05) is 25.9 Å². The molecule has 3 N–H and O–H groups in total. The van der Waals surface area contributed by atoms with Gasteiger partial charge < -0.3 is 25.2 Å². The molecule has 7 heteroatoms. The van der Waals surface area contributed by atoms with Gasteiger partial charge in [-0.15, -0.1) is 0 Å². The summed E-state index contributed by atoms with van der Waals surface area (Å²) in [6, 6.07) is 13.1. The molecule has 4 rings (SSSR count). The molecule has 0 radical (unpaired) electrons. The molecular weight excluding hydrogens is 348 g/mol. The number of nitrogens with one attached hydrogen (secondary N) is 2. The molecule has 0 unspecified atom stereocenters. The van der Waals surface area contributed by atoms with E-state index in [0.29, 0.717) is 24.3 Å². The summed E-state index contributed by atoms with van der Waals surface area (Å²) in [6.07, 6.45) is 0.921. The number of hydrogen-bond acceptors (Lipinski definition) is 5. The van der Waals surface area contributed by atoms with E-state index >= 15 is 0 Å². The maximum atomic E-state index is 12.0. The van der Waals surface area contributed by atoms with Crippen LogP contribution < -0.4 is 20.1 Å². The molecule has 0 aromatic heterocycles. The van der Waals surface area contributed by atoms with Gasteiger partial charge in [-0.1, -0.05) is 30.3 Å². The summed E-state index contributed by atoms with van der Waals surface area (Å²) in [5.74, 6) is -0.227. The number of benzene rings is 2. The van der Waals surface area contributed by atoms with Crippen molar-refractivity contribution in [3.05, 3.63) is 59.2 Å². The second kappa shape index (κ2) is 6.92. The summed E-state index contributed by atoms with van der Waals surface area (Å²) in [6.45, 7) is 0.400. The Hall–Kier alpha value is -3.06. The molecule has 0 saturated carbocycles. The number of hydrogen-bond donors (Lipinski definition) is 3. The molecule has 1 heterocycles. The normalized spacial score (nSPS) is 15.9. The van der Waals surface area contributed by atoms with Crippen molar-refractivity contribution in [3.8, 4) is 11.5 Å². The van der Waals surface area contributed by atoms with Crippen LogP contribution in [-0.2, 0) is 29.0 Å². The number of fused-ring (bicyclic) bond motifs is 2. The molecule has 0 bridgehead atoms. The minimum atomic E-state index is -1.06. The van der Waals surface area contributed by atoms with Crippen LogP contribution in [0.5, 0.6) is 11.5 Å². The largest absolute Gasteiger partial charge is 0.454 e. The standard InChI is InChI=1S/C20H20N2O5/c23-18(21-10-13-5-6-16-17(7-13)27-12-26-16)19(24)22-11-20(25)8-14-3-1-2-4-15(14)9-20/h1-7,25H,8-12H2,(H,21,23)(H,22,24). The third-order valence-corrected chi connectivity index (χ3v) is 4.83. The lowest BCUT2D eigenvalue weighted by atomic mass is 10.0. The van der Waals surface area contributed by atoms with Gasteiger partial charge in [-0.25, -0.2) is 0 Å². The SMILES string of the molecule is O=C(NCc1ccc2c(c1)OCO2)C(=O)NCC1(O)Cc2ccccc2C1. The molecule has 2 amide bonds. The van der Waals surface area contributed by atoms with E-state index in [1.54, 1.807) is 18.2 Å². The summed E-state index contributed by atoms with van der Waals surface area (Å²) in [7, 11) is 0. The zero-order chi connectivity index (χ0) is 18.9. The molecule has 0 spiro atoms. The highest BCUT2D eigenvalue weighted by Crippen LogP contribution is 2.32. The summed E-state index contributed by atoms with van der Waals surface area (Å²) >= 11 is 0. The molecule has 0 saturated heterocycles. The van der Waals surface area contributed by atoms with E-state index in [-0.39, 0.29) is 19.9 Å². The smallest absolute Gasteiger partial charge is 0.309 e. The van der Waals surface area contributed by atoms with Crippen molar-refractivity contribution >= 4 is 11.8 Å². The van der Waals surface area contributed by atoms with Crippen LogP contribution in [0.4, 0.5) is 0 Å². The lowest BCUT2D eigenvalue weighted by molar-refractivity contribution is -0.139. The average Bonchev–Trinajstić information content (AvgIpc) is 3.27. The van der Waals surface area contributed by atoms with E-state index in [1.165, 1.54) is 0 Å². The fourth-order valence-corrected chi connectivity index (χ4v) is 3.44. The quantitative estimate of drug-likeness (QED) is 0.690. The molecule has 140 valence electrons. The van der Waals surface area contributed by atoms with E-state index in [2.05, 4.69) is 10.6 Å². The molecule has 1 aliphatic carbocycles. The lowest BCUT2D eigenvalue weighted by Gasteiger charge is -2.22. The predicted octanol–water partition coefficient (Wildman–Crippen LogP) is 0.678. The van der Waals surface area contributed by atoms with E-state index in [1.807, 2.05) is 24.3 Å². The minimum absolute atomic E-state index is 0.0258. The Kier molecular flexibility index (Phi) is 4.45. The Morgan fingerprint density at radius 1 is 0.963 bits per heavy atom. The Bertz CT molecular complexity index is 871. The molecule has 0 atom stereocenters. The van der Waals surface area contributed by atoms with Gasteiger partial charge in [-0.3, -0.25) is 9.59 Å². The van der Waals surface area contributed by atoms with E-state index in [9.17, 15) is 14.7 Å². The fourth-order valence-electron chi connectivity index (χ4n) is 3.44. The summed E-state index contributed by atoms with van der Waals surface area (Å²) in [4.78, 5) is 24.1. The van der Waals surface area contributed by atoms with E-state index < -0.39 is 17.4 Å². The fraction of sp³-hybridized carbons (Fsp3) is 0.300. The van der Waals surface area contributed by atoms with Gasteiger partial charge in [-0.2, -0.15) is 0 Å². The van der Waals surface area contributed by atoms with Crippen molar-refractivity contribution in [1.82, 2.24) is 10.6 Å². The molecule has 1 aliphatic heterocycles. The number of ether oxygens (including phenoxy) is 2. The first-order valence-electron chi connectivity index (χ1n) is 8.76. The maximum Gasteiger partial charge on any atom is 0.309 e. The first-order chi connectivity index (χ1) is 13.0. The second-order valence-corrected chi connectivity index (χ2v) is 6.90. The highest BCUT2D eigenvalue weighted by atomic mass is 16.7. The highest BCUT2D eigenvalue weighted by Gasteiger charge is 2.35. The van der Waals surface area contributed by atoms with Crippen molar-refractivity contribution < 1.29 is 24.2 Å². The number of rotatable bonds is 4. The van der Waals surface area contributed by atoms with Crippen molar-refractivity contribution in [2.75, 3.05) is 13.3 Å². The van der Waals surface area contributed by atoms with E-state index in [0.717, 1.165) is 16.7 Å². The van der Waals surface area contributed by atoms with Gasteiger partial charge in [0.05, 0.1) is 5.60 Å². The van der Waals surface area contributed by atoms with Crippen LogP contribution >= 0.6 is 0 Å². The molecule has 0 fully saturated rings. The van der Waals surface area contributed by atoms with Crippen LogP contribution in [0.3, 0.4) is 0 Å². The summed E-state index contributed by atoms with van der Waals surface area (Å²) in [5, 5.41) is 15.8. The maximum absolute atomic E-state index is 12.0.